The number of aromatic carboxylic acids is 1. The highest BCUT2D eigenvalue weighted by molar-refractivity contribution is 5.88. The van der Waals surface area contributed by atoms with Crippen LogP contribution in [-0.4, -0.2) is 72.2 Å². The highest BCUT2D eigenvalue weighted by Crippen LogP contribution is 2.73. The van der Waals surface area contributed by atoms with Gasteiger partial charge in [0.25, 0.3) is 0 Å². The fourth-order valence-electron chi connectivity index (χ4n) is 12.5. The van der Waals surface area contributed by atoms with E-state index in [0.29, 0.717) is 59.6 Å². The Morgan fingerprint density at radius 3 is 2.22 bits per heavy atom. The molecule has 4 fully saturated rings. The number of benzene rings is 1. The van der Waals surface area contributed by atoms with E-state index in [4.69, 9.17) is 0 Å². The lowest BCUT2D eigenvalue weighted by atomic mass is 9.36. The molecule has 1 amide bonds. The second kappa shape index (κ2) is 11.8. The average molecular weight is 619 g/mol. The lowest BCUT2D eigenvalue weighted by molar-refractivity contribution is -0.185. The molecule has 0 spiro atoms. The maximum absolute atomic E-state index is 14.4. The van der Waals surface area contributed by atoms with Crippen LogP contribution in [0.1, 0.15) is 108 Å². The predicted molar refractivity (Wildman–Crippen MR) is 180 cm³/mol. The van der Waals surface area contributed by atoms with Crippen LogP contribution in [0.25, 0.3) is 5.57 Å². The minimum atomic E-state index is -0.873. The molecular weight excluding hydrogens is 560 g/mol. The topological polar surface area (TPSA) is 81.1 Å². The first-order valence-electron chi connectivity index (χ1n) is 17.9. The summed E-state index contributed by atoms with van der Waals surface area (Å²) in [5.41, 5.74) is 3.21. The van der Waals surface area contributed by atoms with Crippen molar-refractivity contribution in [1.29, 1.82) is 0 Å². The second-order valence-electron chi connectivity index (χ2n) is 16.9. The largest absolute Gasteiger partial charge is 0.478 e. The molecule has 4 saturated carbocycles. The minimum Gasteiger partial charge on any atom is -0.478 e. The first-order valence-corrected chi connectivity index (χ1v) is 17.9. The maximum atomic E-state index is 14.4. The molecule has 5 aliphatic rings. The van der Waals surface area contributed by atoms with E-state index in [0.717, 1.165) is 32.2 Å². The Hall–Kier alpha value is -2.18. The molecule has 0 heterocycles. The van der Waals surface area contributed by atoms with Crippen LogP contribution in [0.4, 0.5) is 0 Å². The lowest BCUT2D eigenvalue weighted by Crippen LogP contribution is -2.62. The summed E-state index contributed by atoms with van der Waals surface area (Å²) < 4.78 is 0. The Bertz CT molecular complexity index is 1320. The van der Waals surface area contributed by atoms with Crippen molar-refractivity contribution in [3.63, 3.8) is 0 Å². The number of amides is 1. The van der Waals surface area contributed by atoms with E-state index < -0.39 is 5.97 Å². The third kappa shape index (κ3) is 5.12. The van der Waals surface area contributed by atoms with Crippen LogP contribution in [0.5, 0.6) is 0 Å². The Labute approximate surface area is 271 Å². The van der Waals surface area contributed by atoms with Gasteiger partial charge in [0.2, 0.25) is 5.91 Å². The summed E-state index contributed by atoms with van der Waals surface area (Å²) in [7, 11) is 4.11. The van der Waals surface area contributed by atoms with Crippen LogP contribution in [0.2, 0.25) is 0 Å². The van der Waals surface area contributed by atoms with Gasteiger partial charge in [0, 0.05) is 19.6 Å². The molecule has 0 saturated heterocycles. The van der Waals surface area contributed by atoms with Crippen LogP contribution in [0.3, 0.4) is 0 Å². The molecule has 0 radical (unpaired) electrons. The Kier molecular flexibility index (Phi) is 8.59. The third-order valence-electron chi connectivity index (χ3n) is 14.4. The van der Waals surface area contributed by atoms with Crippen LogP contribution in [-0.2, 0) is 4.79 Å². The predicted octanol–water partition coefficient (Wildman–Crippen LogP) is 7.23. The molecule has 2 N–H and O–H groups in total. The first kappa shape index (κ1) is 32.7. The van der Waals surface area contributed by atoms with Gasteiger partial charge in [-0.25, -0.2) is 4.79 Å². The summed E-state index contributed by atoms with van der Waals surface area (Å²) in [5.74, 6) is 2.52. The lowest BCUT2D eigenvalue weighted by Gasteiger charge is -2.68. The smallest absolute Gasteiger partial charge is 0.335 e. The molecule has 0 aromatic heterocycles. The molecular formula is C39H58N2O4. The van der Waals surface area contributed by atoms with Gasteiger partial charge in [-0.3, -0.25) is 4.79 Å². The minimum absolute atomic E-state index is 0.0121. The van der Waals surface area contributed by atoms with Crippen molar-refractivity contribution in [2.75, 3.05) is 40.3 Å². The average Bonchev–Trinajstić information content (AvgIpc) is 3.44. The van der Waals surface area contributed by atoms with Crippen molar-refractivity contribution < 1.29 is 19.8 Å². The fourth-order valence-corrected chi connectivity index (χ4v) is 12.5. The monoisotopic (exact) mass is 618 g/mol. The maximum Gasteiger partial charge on any atom is 0.335 e. The number of nitrogens with zero attached hydrogens (tertiary/aromatic N) is 2. The summed E-state index contributed by atoms with van der Waals surface area (Å²) >= 11 is 0. The van der Waals surface area contributed by atoms with E-state index in [9.17, 15) is 19.8 Å². The van der Waals surface area contributed by atoms with Crippen LogP contribution < -0.4 is 0 Å². The van der Waals surface area contributed by atoms with Gasteiger partial charge in [-0.2, -0.15) is 0 Å². The van der Waals surface area contributed by atoms with E-state index in [1.807, 2.05) is 17.0 Å². The fraction of sp³-hybridized carbons (Fsp3) is 0.744. The van der Waals surface area contributed by atoms with Gasteiger partial charge in [0.15, 0.2) is 0 Å². The number of carbonyl (C=O) groups excluding carboxylic acids is 1. The van der Waals surface area contributed by atoms with Crippen molar-refractivity contribution in [3.05, 3.63) is 41.5 Å². The van der Waals surface area contributed by atoms with Gasteiger partial charge < -0.3 is 20.0 Å². The van der Waals surface area contributed by atoms with Gasteiger partial charge in [0.05, 0.1) is 17.6 Å². The summed E-state index contributed by atoms with van der Waals surface area (Å²) in [4.78, 5) is 30.0. The molecule has 4 unspecified atom stereocenters. The zero-order valence-corrected chi connectivity index (χ0v) is 28.8. The van der Waals surface area contributed by atoms with Crippen LogP contribution in [0, 0.1) is 51.2 Å². The molecule has 0 aliphatic heterocycles. The Morgan fingerprint density at radius 1 is 0.822 bits per heavy atom. The highest BCUT2D eigenvalue weighted by atomic mass is 16.4. The Balaban J connectivity index is 1.26. The number of aliphatic hydroxyl groups excluding tert-OH is 1. The van der Waals surface area contributed by atoms with Crippen molar-refractivity contribution in [3.8, 4) is 0 Å². The molecule has 1 aromatic carbocycles. The first-order chi connectivity index (χ1) is 21.3. The number of carbonyl (C=O) groups is 2. The molecule has 6 nitrogen and oxygen atoms in total. The summed E-state index contributed by atoms with van der Waals surface area (Å²) in [6, 6.07) is 7.53. The summed E-state index contributed by atoms with van der Waals surface area (Å²) in [5, 5.41) is 19.3. The SMILES string of the molecule is CN(C)CCN(CCO)C(=O)[C@]12CCCC1[C@H]1CCC3[C@@](C)(CCC4C(C)(C)C(c5ccc(C(=O)O)cc5)=CC[C@@]43C)C1CC2. The van der Waals surface area contributed by atoms with Gasteiger partial charge in [-0.1, -0.05) is 52.3 Å². The van der Waals surface area contributed by atoms with Crippen LogP contribution >= 0.6 is 0 Å². The number of allylic oxidation sites excluding steroid dienone is 2. The summed E-state index contributed by atoms with van der Waals surface area (Å²) in [6.45, 7) is 12.1. The zero-order valence-electron chi connectivity index (χ0n) is 28.8. The zero-order chi connectivity index (χ0) is 32.4. The van der Waals surface area contributed by atoms with E-state index >= 15 is 0 Å². The van der Waals surface area contributed by atoms with Crippen molar-refractivity contribution in [2.24, 2.45) is 51.2 Å². The third-order valence-corrected chi connectivity index (χ3v) is 14.4. The number of likely N-dealkylation sites (N-methyl/N-ethyl adjacent to an activating group) is 1. The number of carboxylic acids is 1. The second-order valence-corrected chi connectivity index (χ2v) is 16.9. The molecule has 6 heteroatoms. The molecule has 0 bridgehead atoms. The van der Waals surface area contributed by atoms with Gasteiger partial charge in [-0.05, 0) is 141 Å². The molecule has 6 rings (SSSR count). The number of hydrogen-bond acceptors (Lipinski definition) is 4. The molecule has 1 aromatic rings. The van der Waals surface area contributed by atoms with Gasteiger partial charge in [-0.15, -0.1) is 0 Å². The number of fused-ring (bicyclic) bond motifs is 7. The standard InChI is InChI=1S/C39H58N2O4/c1-36(2)29(26-9-11-27(12-10-26)34(43)44)15-19-38(4)32(36)17-20-37(3)30-16-21-39(35(45)41(24-25-42)23-22-40(5)6)18-7-8-31(39)28(30)13-14-33(37)38/h9-12,15,28,30-33,42H,7-8,13-14,16-25H2,1-6H3,(H,43,44)/t28-,30?,31?,32?,33?,37-,38-,39-/m0/s1. The van der Waals surface area contributed by atoms with Gasteiger partial charge in [0.1, 0.15) is 0 Å². The Morgan fingerprint density at radius 2 is 1.56 bits per heavy atom. The number of aliphatic hydroxyl groups is 1. The summed E-state index contributed by atoms with van der Waals surface area (Å²) in [6.07, 6.45) is 14.2. The molecule has 45 heavy (non-hydrogen) atoms. The van der Waals surface area contributed by atoms with E-state index in [-0.39, 0.29) is 22.9 Å². The van der Waals surface area contributed by atoms with Crippen LogP contribution in [0.15, 0.2) is 30.3 Å². The number of rotatable bonds is 8. The molecule has 248 valence electrons. The normalized spacial score (nSPS) is 38.4. The van der Waals surface area contributed by atoms with E-state index in [1.165, 1.54) is 49.7 Å². The number of carboxylic acid groups (broad SMARTS) is 1. The van der Waals surface area contributed by atoms with Gasteiger partial charge >= 0.3 is 5.97 Å². The molecule has 5 aliphatic carbocycles. The van der Waals surface area contributed by atoms with Crippen molar-refractivity contribution >= 4 is 17.4 Å². The highest BCUT2D eigenvalue weighted by Gasteiger charge is 2.66. The molecule has 8 atom stereocenters. The van der Waals surface area contributed by atoms with E-state index in [2.05, 4.69) is 52.8 Å². The van der Waals surface area contributed by atoms with E-state index in [1.54, 1.807) is 12.1 Å². The van der Waals surface area contributed by atoms with Crippen molar-refractivity contribution in [2.45, 2.75) is 91.9 Å². The quantitative estimate of drug-likeness (QED) is 0.321. The number of hydrogen-bond donors (Lipinski definition) is 2. The van der Waals surface area contributed by atoms with Crippen molar-refractivity contribution in [1.82, 2.24) is 9.80 Å².